The fourth-order valence-electron chi connectivity index (χ4n) is 3.06. The first-order valence-electron chi connectivity index (χ1n) is 7.14. The summed E-state index contributed by atoms with van der Waals surface area (Å²) in [5, 5.41) is 1.25. The molecule has 0 bridgehead atoms. The quantitative estimate of drug-likeness (QED) is 0.897. The van der Waals surface area contributed by atoms with Gasteiger partial charge in [-0.3, -0.25) is 4.98 Å². The second kappa shape index (κ2) is 5.17. The van der Waals surface area contributed by atoms with E-state index in [1.54, 1.807) is 0 Å². The van der Waals surface area contributed by atoms with E-state index in [-0.39, 0.29) is 0 Å². The fraction of sp³-hybridized carbons (Fsp3) is 0.438. The first-order chi connectivity index (χ1) is 9.29. The van der Waals surface area contributed by atoms with E-state index in [1.807, 2.05) is 12.3 Å². The van der Waals surface area contributed by atoms with Crippen LogP contribution in [-0.4, -0.2) is 24.1 Å². The minimum Gasteiger partial charge on any atom is -0.371 e. The zero-order chi connectivity index (χ0) is 13.2. The van der Waals surface area contributed by atoms with E-state index in [0.717, 1.165) is 31.4 Å². The van der Waals surface area contributed by atoms with Crippen molar-refractivity contribution in [1.82, 2.24) is 4.98 Å². The first kappa shape index (κ1) is 12.4. The number of para-hydroxylation sites is 1. The van der Waals surface area contributed by atoms with Crippen LogP contribution in [0.15, 0.2) is 36.5 Å². The third-order valence-corrected chi connectivity index (χ3v) is 4.28. The Morgan fingerprint density at radius 3 is 3.00 bits per heavy atom. The normalized spacial score (nSPS) is 23.8. The largest absolute Gasteiger partial charge is 0.371 e. The number of aromatic nitrogens is 1. The summed E-state index contributed by atoms with van der Waals surface area (Å²) in [7, 11) is 0. The van der Waals surface area contributed by atoms with Gasteiger partial charge in [0.15, 0.2) is 0 Å². The predicted octanol–water partition coefficient (Wildman–Crippen LogP) is 2.80. The van der Waals surface area contributed by atoms with Gasteiger partial charge in [-0.1, -0.05) is 31.5 Å². The average Bonchev–Trinajstić information content (AvgIpc) is 2.47. The van der Waals surface area contributed by atoms with Crippen molar-refractivity contribution in [3.63, 3.8) is 0 Å². The summed E-state index contributed by atoms with van der Waals surface area (Å²) in [6, 6.07) is 10.8. The number of nitrogens with two attached hydrogens (primary N) is 1. The average molecular weight is 255 g/mol. The summed E-state index contributed by atoms with van der Waals surface area (Å²) in [6.45, 7) is 4.34. The van der Waals surface area contributed by atoms with Crippen LogP contribution in [0.5, 0.6) is 0 Å². The highest BCUT2D eigenvalue weighted by Gasteiger charge is 2.26. The van der Waals surface area contributed by atoms with Gasteiger partial charge in [0.1, 0.15) is 0 Å². The summed E-state index contributed by atoms with van der Waals surface area (Å²) in [4.78, 5) is 6.91. The van der Waals surface area contributed by atoms with E-state index < -0.39 is 0 Å². The van der Waals surface area contributed by atoms with Gasteiger partial charge in [0.2, 0.25) is 0 Å². The standard InChI is InChI=1S/C16H21N3/c1-2-12-11-19(10-8-14(12)17)16-7-9-18-15-6-4-3-5-13(15)16/h3-7,9,12,14H,2,8,10-11,17H2,1H3. The van der Waals surface area contributed by atoms with Crippen molar-refractivity contribution in [3.05, 3.63) is 36.5 Å². The SMILES string of the molecule is CCC1CN(c2ccnc3ccccc23)CCC1N. The Morgan fingerprint density at radius 1 is 1.32 bits per heavy atom. The zero-order valence-corrected chi connectivity index (χ0v) is 11.4. The van der Waals surface area contributed by atoms with Crippen LogP contribution < -0.4 is 10.6 Å². The molecular weight excluding hydrogens is 234 g/mol. The van der Waals surface area contributed by atoms with E-state index in [9.17, 15) is 0 Å². The van der Waals surface area contributed by atoms with Crippen LogP contribution in [0.4, 0.5) is 5.69 Å². The molecule has 3 rings (SSSR count). The highest BCUT2D eigenvalue weighted by atomic mass is 15.1. The molecule has 1 fully saturated rings. The third-order valence-electron chi connectivity index (χ3n) is 4.28. The lowest BCUT2D eigenvalue weighted by molar-refractivity contribution is 0.348. The van der Waals surface area contributed by atoms with Crippen LogP contribution in [0.1, 0.15) is 19.8 Å². The van der Waals surface area contributed by atoms with Crippen molar-refractivity contribution in [2.75, 3.05) is 18.0 Å². The Balaban J connectivity index is 1.96. The Kier molecular flexibility index (Phi) is 3.38. The van der Waals surface area contributed by atoms with Gasteiger partial charge in [-0.2, -0.15) is 0 Å². The molecule has 1 aliphatic rings. The molecule has 0 amide bonds. The molecule has 2 atom stereocenters. The van der Waals surface area contributed by atoms with E-state index in [0.29, 0.717) is 12.0 Å². The maximum absolute atomic E-state index is 6.20. The van der Waals surface area contributed by atoms with Crippen LogP contribution in [0, 0.1) is 5.92 Å². The van der Waals surface area contributed by atoms with Crippen molar-refractivity contribution < 1.29 is 0 Å². The van der Waals surface area contributed by atoms with Gasteiger partial charge in [-0.25, -0.2) is 0 Å². The topological polar surface area (TPSA) is 42.2 Å². The van der Waals surface area contributed by atoms with Gasteiger partial charge in [-0.15, -0.1) is 0 Å². The second-order valence-corrected chi connectivity index (χ2v) is 5.41. The van der Waals surface area contributed by atoms with Gasteiger partial charge in [0, 0.05) is 36.4 Å². The highest BCUT2D eigenvalue weighted by molar-refractivity contribution is 5.91. The molecule has 1 aromatic heterocycles. The maximum atomic E-state index is 6.20. The van der Waals surface area contributed by atoms with E-state index in [4.69, 9.17) is 5.73 Å². The third kappa shape index (κ3) is 2.30. The minimum absolute atomic E-state index is 0.356. The number of nitrogens with zero attached hydrogens (tertiary/aromatic N) is 2. The Hall–Kier alpha value is -1.61. The number of fused-ring (bicyclic) bond motifs is 1. The molecule has 1 saturated heterocycles. The maximum Gasteiger partial charge on any atom is 0.0722 e. The summed E-state index contributed by atoms with van der Waals surface area (Å²) >= 11 is 0. The van der Waals surface area contributed by atoms with Crippen LogP contribution in [0.25, 0.3) is 10.9 Å². The van der Waals surface area contributed by atoms with Crippen LogP contribution in [0.2, 0.25) is 0 Å². The first-order valence-corrected chi connectivity index (χ1v) is 7.14. The molecule has 19 heavy (non-hydrogen) atoms. The van der Waals surface area contributed by atoms with E-state index in [1.165, 1.54) is 11.1 Å². The Morgan fingerprint density at radius 2 is 2.16 bits per heavy atom. The molecule has 2 heterocycles. The summed E-state index contributed by atoms with van der Waals surface area (Å²) in [6.07, 6.45) is 4.14. The number of benzene rings is 1. The lowest BCUT2D eigenvalue weighted by Gasteiger charge is -2.38. The second-order valence-electron chi connectivity index (χ2n) is 5.41. The van der Waals surface area contributed by atoms with Crippen molar-refractivity contribution in [3.8, 4) is 0 Å². The number of hydrogen-bond acceptors (Lipinski definition) is 3. The number of rotatable bonds is 2. The predicted molar refractivity (Wildman–Crippen MR) is 80.3 cm³/mol. The summed E-state index contributed by atoms with van der Waals surface area (Å²) in [5.41, 5.74) is 8.58. The minimum atomic E-state index is 0.356. The Labute approximate surface area is 114 Å². The smallest absolute Gasteiger partial charge is 0.0722 e. The van der Waals surface area contributed by atoms with Crippen LogP contribution >= 0.6 is 0 Å². The summed E-state index contributed by atoms with van der Waals surface area (Å²) in [5.74, 6) is 0.598. The fourth-order valence-corrected chi connectivity index (χ4v) is 3.06. The number of hydrogen-bond donors (Lipinski definition) is 1. The molecule has 100 valence electrons. The van der Waals surface area contributed by atoms with Crippen molar-refractivity contribution in [2.24, 2.45) is 11.7 Å². The van der Waals surface area contributed by atoms with Gasteiger partial charge in [0.05, 0.1) is 5.52 Å². The van der Waals surface area contributed by atoms with Crippen LogP contribution in [0.3, 0.4) is 0 Å². The zero-order valence-electron chi connectivity index (χ0n) is 11.4. The van der Waals surface area contributed by atoms with E-state index >= 15 is 0 Å². The molecule has 0 radical (unpaired) electrons. The summed E-state index contributed by atoms with van der Waals surface area (Å²) < 4.78 is 0. The molecular formula is C16H21N3. The number of piperidine rings is 1. The molecule has 3 nitrogen and oxygen atoms in total. The molecule has 2 unspecified atom stereocenters. The van der Waals surface area contributed by atoms with Gasteiger partial charge in [0.25, 0.3) is 0 Å². The van der Waals surface area contributed by atoms with Crippen molar-refractivity contribution >= 4 is 16.6 Å². The monoisotopic (exact) mass is 255 g/mol. The van der Waals surface area contributed by atoms with Gasteiger partial charge in [-0.05, 0) is 24.5 Å². The van der Waals surface area contributed by atoms with E-state index in [2.05, 4.69) is 41.1 Å². The van der Waals surface area contributed by atoms with Crippen LogP contribution in [-0.2, 0) is 0 Å². The lowest BCUT2D eigenvalue weighted by atomic mass is 9.90. The number of pyridine rings is 1. The molecule has 0 aliphatic carbocycles. The number of anilines is 1. The lowest BCUT2D eigenvalue weighted by Crippen LogP contribution is -2.47. The van der Waals surface area contributed by atoms with Crippen molar-refractivity contribution in [2.45, 2.75) is 25.8 Å². The van der Waals surface area contributed by atoms with Gasteiger partial charge >= 0.3 is 0 Å². The van der Waals surface area contributed by atoms with Crippen molar-refractivity contribution in [1.29, 1.82) is 0 Å². The molecule has 0 spiro atoms. The highest BCUT2D eigenvalue weighted by Crippen LogP contribution is 2.29. The molecule has 2 N–H and O–H groups in total. The Bertz CT molecular complexity index is 561. The molecule has 1 aliphatic heterocycles. The molecule has 2 aromatic rings. The molecule has 0 saturated carbocycles. The van der Waals surface area contributed by atoms with Gasteiger partial charge < -0.3 is 10.6 Å². The molecule has 1 aromatic carbocycles. The molecule has 3 heteroatoms.